The van der Waals surface area contributed by atoms with E-state index in [1.54, 1.807) is 13.0 Å². The molecule has 2 aromatic rings. The highest BCUT2D eigenvalue weighted by molar-refractivity contribution is 7.89. The zero-order chi connectivity index (χ0) is 19.6. The molecule has 1 atom stereocenters. The summed E-state index contributed by atoms with van der Waals surface area (Å²) in [5, 5.41) is 11.2. The minimum Gasteiger partial charge on any atom is -0.473 e. The maximum atomic E-state index is 13.0. The molecule has 1 aliphatic heterocycles. The first-order valence-corrected chi connectivity index (χ1v) is 9.94. The van der Waals surface area contributed by atoms with E-state index in [1.807, 2.05) is 6.92 Å². The van der Waals surface area contributed by atoms with E-state index in [9.17, 15) is 18.5 Å². The van der Waals surface area contributed by atoms with Gasteiger partial charge < -0.3 is 4.74 Å². The van der Waals surface area contributed by atoms with Crippen LogP contribution in [0.1, 0.15) is 24.4 Å². The first-order valence-electron chi connectivity index (χ1n) is 8.50. The van der Waals surface area contributed by atoms with Gasteiger partial charge in [0.05, 0.1) is 11.5 Å². The Morgan fingerprint density at radius 3 is 2.70 bits per heavy atom. The molecular formula is C17H20N4O5S. The molecule has 10 heteroatoms. The van der Waals surface area contributed by atoms with Gasteiger partial charge in [-0.05, 0) is 32.8 Å². The second kappa shape index (κ2) is 7.57. The zero-order valence-corrected chi connectivity index (χ0v) is 15.8. The number of hydrogen-bond donors (Lipinski definition) is 0. The first-order chi connectivity index (χ1) is 12.8. The summed E-state index contributed by atoms with van der Waals surface area (Å²) in [5.74, 6) is 0.972. The normalized spacial score (nSPS) is 18.2. The van der Waals surface area contributed by atoms with Crippen molar-refractivity contribution >= 4 is 15.7 Å². The number of nitro benzene ring substituents is 1. The molecule has 0 aliphatic carbocycles. The number of piperidine rings is 1. The molecule has 1 aromatic heterocycles. The Hall–Kier alpha value is -2.59. The van der Waals surface area contributed by atoms with Crippen molar-refractivity contribution in [1.29, 1.82) is 0 Å². The average Bonchev–Trinajstić information content (AvgIpc) is 2.61. The van der Waals surface area contributed by atoms with E-state index < -0.39 is 20.6 Å². The lowest BCUT2D eigenvalue weighted by atomic mass is 10.1. The molecule has 144 valence electrons. The van der Waals surface area contributed by atoms with Crippen LogP contribution in [0.25, 0.3) is 0 Å². The Morgan fingerprint density at radius 1 is 1.26 bits per heavy atom. The van der Waals surface area contributed by atoms with E-state index in [-0.39, 0.29) is 24.1 Å². The van der Waals surface area contributed by atoms with E-state index in [1.165, 1.54) is 28.6 Å². The molecule has 2 heterocycles. The van der Waals surface area contributed by atoms with Gasteiger partial charge in [0.2, 0.25) is 15.9 Å². The topological polar surface area (TPSA) is 116 Å². The molecule has 1 saturated heterocycles. The van der Waals surface area contributed by atoms with Crippen LogP contribution in [0.3, 0.4) is 0 Å². The van der Waals surface area contributed by atoms with Gasteiger partial charge in [-0.15, -0.1) is 0 Å². The quantitative estimate of drug-likeness (QED) is 0.566. The molecule has 1 aromatic carbocycles. The Kier molecular flexibility index (Phi) is 5.38. The van der Waals surface area contributed by atoms with Crippen molar-refractivity contribution in [1.82, 2.24) is 14.3 Å². The van der Waals surface area contributed by atoms with Gasteiger partial charge in [-0.1, -0.05) is 12.1 Å². The molecule has 0 amide bonds. The van der Waals surface area contributed by atoms with Crippen LogP contribution in [-0.2, 0) is 10.0 Å². The van der Waals surface area contributed by atoms with Crippen LogP contribution in [-0.4, -0.2) is 46.8 Å². The fraction of sp³-hybridized carbons (Fsp3) is 0.412. The van der Waals surface area contributed by atoms with Crippen molar-refractivity contribution in [3.05, 3.63) is 52.0 Å². The summed E-state index contributed by atoms with van der Waals surface area (Å²) in [6.07, 6.45) is 0.878. The summed E-state index contributed by atoms with van der Waals surface area (Å²) >= 11 is 0. The zero-order valence-electron chi connectivity index (χ0n) is 15.0. The van der Waals surface area contributed by atoms with E-state index in [4.69, 9.17) is 4.74 Å². The predicted molar refractivity (Wildman–Crippen MR) is 97.0 cm³/mol. The molecule has 0 bridgehead atoms. The first kappa shape index (κ1) is 19.2. The number of nitro groups is 1. The molecule has 9 nitrogen and oxygen atoms in total. The second-order valence-electron chi connectivity index (χ2n) is 6.36. The van der Waals surface area contributed by atoms with Gasteiger partial charge >= 0.3 is 0 Å². The fourth-order valence-corrected chi connectivity index (χ4v) is 4.77. The Balaban J connectivity index is 1.82. The second-order valence-corrected chi connectivity index (χ2v) is 8.27. The third-order valence-corrected chi connectivity index (χ3v) is 6.16. The average molecular weight is 392 g/mol. The van der Waals surface area contributed by atoms with Gasteiger partial charge in [0.1, 0.15) is 11.9 Å². The summed E-state index contributed by atoms with van der Waals surface area (Å²) < 4.78 is 33.0. The monoisotopic (exact) mass is 392 g/mol. The number of para-hydroxylation sites is 1. The van der Waals surface area contributed by atoms with Gasteiger partial charge in [0.15, 0.2) is 4.90 Å². The van der Waals surface area contributed by atoms with Crippen LogP contribution in [0.15, 0.2) is 35.2 Å². The third kappa shape index (κ3) is 4.22. The molecule has 0 spiro atoms. The lowest BCUT2D eigenvalue weighted by molar-refractivity contribution is -0.387. The molecule has 1 unspecified atom stereocenters. The minimum atomic E-state index is -4.00. The number of rotatable bonds is 5. The molecule has 27 heavy (non-hydrogen) atoms. The minimum absolute atomic E-state index is 0.108. The van der Waals surface area contributed by atoms with E-state index in [0.29, 0.717) is 24.5 Å². The third-order valence-electron chi connectivity index (χ3n) is 4.25. The van der Waals surface area contributed by atoms with Gasteiger partial charge in [-0.25, -0.2) is 13.4 Å². The molecule has 1 fully saturated rings. The molecule has 0 radical (unpaired) electrons. The van der Waals surface area contributed by atoms with Crippen molar-refractivity contribution in [2.24, 2.45) is 0 Å². The van der Waals surface area contributed by atoms with Crippen LogP contribution >= 0.6 is 0 Å². The number of benzene rings is 1. The summed E-state index contributed by atoms with van der Waals surface area (Å²) in [6.45, 7) is 3.98. The smallest absolute Gasteiger partial charge is 0.289 e. The summed E-state index contributed by atoms with van der Waals surface area (Å²) in [7, 11) is -4.00. The molecular weight excluding hydrogens is 372 g/mol. The van der Waals surface area contributed by atoms with Crippen LogP contribution < -0.4 is 4.74 Å². The van der Waals surface area contributed by atoms with Crippen LogP contribution in [0.5, 0.6) is 5.88 Å². The number of hydrogen-bond acceptors (Lipinski definition) is 7. The van der Waals surface area contributed by atoms with Crippen molar-refractivity contribution in [2.75, 3.05) is 13.1 Å². The van der Waals surface area contributed by atoms with E-state index in [0.717, 1.165) is 5.69 Å². The lowest BCUT2D eigenvalue weighted by Gasteiger charge is -2.31. The number of ether oxygens (including phenoxy) is 1. The van der Waals surface area contributed by atoms with Gasteiger partial charge in [-0.3, -0.25) is 10.1 Å². The van der Waals surface area contributed by atoms with Crippen LogP contribution in [0.2, 0.25) is 0 Å². The Labute approximate surface area is 157 Å². The number of aromatic nitrogens is 2. The maximum Gasteiger partial charge on any atom is 0.289 e. The number of nitrogens with zero attached hydrogens (tertiary/aromatic N) is 4. The molecule has 0 saturated carbocycles. The highest BCUT2D eigenvalue weighted by Gasteiger charge is 2.35. The SMILES string of the molecule is Cc1cc(OC2CCCN(S(=O)(=O)c3ccccc3[N+](=O)[O-])C2)nc(C)n1. The maximum absolute atomic E-state index is 13.0. The lowest BCUT2D eigenvalue weighted by Crippen LogP contribution is -2.44. The largest absolute Gasteiger partial charge is 0.473 e. The highest BCUT2D eigenvalue weighted by Crippen LogP contribution is 2.29. The number of aryl methyl sites for hydroxylation is 2. The Bertz CT molecular complexity index is 943. The predicted octanol–water partition coefficient (Wildman–Crippen LogP) is 2.23. The summed E-state index contributed by atoms with van der Waals surface area (Å²) in [5.41, 5.74) is 0.334. The van der Waals surface area contributed by atoms with Crippen molar-refractivity contribution < 1.29 is 18.1 Å². The van der Waals surface area contributed by atoms with E-state index >= 15 is 0 Å². The van der Waals surface area contributed by atoms with Crippen LogP contribution in [0.4, 0.5) is 5.69 Å². The van der Waals surface area contributed by atoms with Crippen molar-refractivity contribution in [2.45, 2.75) is 37.7 Å². The van der Waals surface area contributed by atoms with Crippen molar-refractivity contribution in [3.63, 3.8) is 0 Å². The molecule has 3 rings (SSSR count). The molecule has 0 N–H and O–H groups in total. The van der Waals surface area contributed by atoms with Gasteiger partial charge in [-0.2, -0.15) is 9.29 Å². The fourth-order valence-electron chi connectivity index (χ4n) is 3.10. The van der Waals surface area contributed by atoms with Gasteiger partial charge in [0.25, 0.3) is 5.69 Å². The van der Waals surface area contributed by atoms with Crippen molar-refractivity contribution in [3.8, 4) is 5.88 Å². The highest BCUT2D eigenvalue weighted by atomic mass is 32.2. The Morgan fingerprint density at radius 2 is 2.00 bits per heavy atom. The van der Waals surface area contributed by atoms with Crippen LogP contribution in [0, 0.1) is 24.0 Å². The summed E-state index contributed by atoms with van der Waals surface area (Å²) in [6, 6.07) is 7.07. The standard InChI is InChI=1S/C17H20N4O5S/c1-12-10-17(19-13(2)18-12)26-14-6-5-9-20(11-14)27(24,25)16-8-4-3-7-15(16)21(22)23/h3-4,7-8,10,14H,5-6,9,11H2,1-2H3. The molecule has 1 aliphatic rings. The van der Waals surface area contributed by atoms with Gasteiger partial charge in [0, 0.05) is 24.4 Å². The number of sulfonamides is 1. The summed E-state index contributed by atoms with van der Waals surface area (Å²) in [4.78, 5) is 18.6. The van der Waals surface area contributed by atoms with E-state index in [2.05, 4.69) is 9.97 Å².